The van der Waals surface area contributed by atoms with Crippen molar-refractivity contribution >= 4 is 22.4 Å². The first-order chi connectivity index (χ1) is 20.2. The molecule has 4 aromatic carbocycles. The van der Waals surface area contributed by atoms with Crippen molar-refractivity contribution < 1.29 is 9.90 Å². The molecule has 0 saturated carbocycles. The molecule has 0 spiro atoms. The van der Waals surface area contributed by atoms with Crippen LogP contribution in [0, 0.1) is 27.7 Å². The van der Waals surface area contributed by atoms with Gasteiger partial charge in [0.05, 0.1) is 17.8 Å². The van der Waals surface area contributed by atoms with Crippen LogP contribution in [0.4, 0.5) is 5.69 Å². The van der Waals surface area contributed by atoms with Gasteiger partial charge in [0.15, 0.2) is 5.78 Å². The van der Waals surface area contributed by atoms with Crippen LogP contribution in [0.15, 0.2) is 78.9 Å². The molecule has 4 nitrogen and oxygen atoms in total. The number of benzene rings is 4. The summed E-state index contributed by atoms with van der Waals surface area (Å²) >= 11 is 0. The van der Waals surface area contributed by atoms with E-state index in [9.17, 15) is 4.79 Å². The van der Waals surface area contributed by atoms with Gasteiger partial charge in [-0.3, -0.25) is 4.79 Å². The van der Waals surface area contributed by atoms with Crippen molar-refractivity contribution in [3.8, 4) is 11.3 Å². The summed E-state index contributed by atoms with van der Waals surface area (Å²) < 4.78 is 0. The van der Waals surface area contributed by atoms with Crippen LogP contribution >= 0.6 is 0 Å². The van der Waals surface area contributed by atoms with E-state index in [1.807, 2.05) is 18.2 Å². The van der Waals surface area contributed by atoms with Crippen LogP contribution < -0.4 is 5.73 Å². The van der Waals surface area contributed by atoms with Crippen LogP contribution in [0.25, 0.3) is 22.2 Å². The largest absolute Gasteiger partial charge is 0.398 e. The number of aliphatic hydroxyl groups is 1. The minimum absolute atomic E-state index is 0. The molecule has 0 unspecified atom stereocenters. The maximum absolute atomic E-state index is 11.6. The highest BCUT2D eigenvalue weighted by Crippen LogP contribution is 2.36. The zero-order chi connectivity index (χ0) is 29.8. The number of nitrogens with zero attached hydrogens (tertiary/aromatic N) is 1. The van der Waals surface area contributed by atoms with Crippen LogP contribution in [-0.2, 0) is 25.9 Å². The zero-order valence-electron chi connectivity index (χ0n) is 25.1. The SMILES string of the molecule is C.Cc1cc(C)c2c(c1)-c1nc3ccccc3cc1CC2.Cc1cc(C)c2c(c1)C(=O)CCC2.Nc1ccccc1CO. The number of rotatable bonds is 1. The Morgan fingerprint density at radius 2 is 1.37 bits per heavy atom. The molecule has 0 amide bonds. The molecule has 0 saturated heterocycles. The molecule has 5 aromatic rings. The average Bonchev–Trinajstić information content (AvgIpc) is 2.97. The van der Waals surface area contributed by atoms with E-state index >= 15 is 0 Å². The van der Waals surface area contributed by atoms with E-state index in [1.165, 1.54) is 55.6 Å². The van der Waals surface area contributed by atoms with Crippen LogP contribution in [0.5, 0.6) is 0 Å². The van der Waals surface area contributed by atoms with E-state index in [-0.39, 0.29) is 14.0 Å². The van der Waals surface area contributed by atoms with Gasteiger partial charge in [0.2, 0.25) is 0 Å². The summed E-state index contributed by atoms with van der Waals surface area (Å²) in [6.07, 6.45) is 5.07. The minimum atomic E-state index is 0. The van der Waals surface area contributed by atoms with Crippen molar-refractivity contribution in [3.05, 3.63) is 129 Å². The van der Waals surface area contributed by atoms with Gasteiger partial charge in [0.1, 0.15) is 0 Å². The molecule has 222 valence electrons. The van der Waals surface area contributed by atoms with Crippen molar-refractivity contribution in [1.82, 2.24) is 4.98 Å². The number of nitrogens with two attached hydrogens (primary N) is 1. The van der Waals surface area contributed by atoms with Crippen molar-refractivity contribution in [2.75, 3.05) is 5.73 Å². The van der Waals surface area contributed by atoms with Crippen molar-refractivity contribution in [1.29, 1.82) is 0 Å². The molecular weight excluding hydrogens is 528 g/mol. The minimum Gasteiger partial charge on any atom is -0.398 e. The number of hydrogen-bond acceptors (Lipinski definition) is 4. The first-order valence-corrected chi connectivity index (χ1v) is 14.8. The lowest BCUT2D eigenvalue weighted by Crippen LogP contribution is -2.12. The molecule has 43 heavy (non-hydrogen) atoms. The van der Waals surface area contributed by atoms with Crippen molar-refractivity contribution in [3.63, 3.8) is 0 Å². The number of carbonyl (C=O) groups is 1. The highest BCUT2D eigenvalue weighted by Gasteiger charge is 2.20. The highest BCUT2D eigenvalue weighted by molar-refractivity contribution is 5.99. The average molecular weight is 573 g/mol. The Morgan fingerprint density at radius 1 is 0.744 bits per heavy atom. The summed E-state index contributed by atoms with van der Waals surface area (Å²) in [5.74, 6) is 0.327. The Labute approximate surface area is 256 Å². The van der Waals surface area contributed by atoms with Crippen LogP contribution in [0.2, 0.25) is 0 Å². The molecule has 0 atom stereocenters. The Balaban J connectivity index is 0.000000159. The third kappa shape index (κ3) is 7.03. The van der Waals surface area contributed by atoms with Crippen LogP contribution in [0.1, 0.15) is 75.1 Å². The van der Waals surface area contributed by atoms with E-state index < -0.39 is 0 Å². The lowest BCUT2D eigenvalue weighted by molar-refractivity contribution is 0.0972. The Bertz CT molecular complexity index is 1770. The number of Topliss-reactive ketones (excluding diaryl/α,β-unsaturated/α-hetero) is 1. The zero-order valence-corrected chi connectivity index (χ0v) is 25.1. The number of aromatic nitrogens is 1. The van der Waals surface area contributed by atoms with E-state index in [4.69, 9.17) is 15.8 Å². The molecule has 0 fully saturated rings. The molecule has 4 heteroatoms. The molecule has 2 aliphatic carbocycles. The summed E-state index contributed by atoms with van der Waals surface area (Å²) in [7, 11) is 0. The Hall–Kier alpha value is -4.28. The lowest BCUT2D eigenvalue weighted by atomic mass is 9.85. The number of aliphatic hydroxyl groups excluding tert-OH is 1. The normalized spacial score (nSPS) is 12.8. The smallest absolute Gasteiger partial charge is 0.163 e. The second-order valence-corrected chi connectivity index (χ2v) is 11.5. The predicted molar refractivity (Wildman–Crippen MR) is 181 cm³/mol. The molecule has 0 radical (unpaired) electrons. The maximum atomic E-state index is 11.6. The number of fused-ring (bicyclic) bond motifs is 5. The molecule has 1 heterocycles. The third-order valence-corrected chi connectivity index (χ3v) is 8.29. The van der Waals surface area contributed by atoms with Gasteiger partial charge in [0.25, 0.3) is 0 Å². The van der Waals surface area contributed by atoms with Gasteiger partial charge in [-0.15, -0.1) is 0 Å². The third-order valence-electron chi connectivity index (χ3n) is 8.29. The van der Waals surface area contributed by atoms with Gasteiger partial charge in [0, 0.05) is 34.2 Å². The van der Waals surface area contributed by atoms with Crippen LogP contribution in [0.3, 0.4) is 0 Å². The van der Waals surface area contributed by atoms with Crippen molar-refractivity contribution in [2.24, 2.45) is 0 Å². The van der Waals surface area contributed by atoms with Gasteiger partial charge >= 0.3 is 0 Å². The van der Waals surface area contributed by atoms with Gasteiger partial charge in [-0.05, 0) is 112 Å². The first-order valence-electron chi connectivity index (χ1n) is 14.8. The fourth-order valence-electron chi connectivity index (χ4n) is 6.20. The van der Waals surface area contributed by atoms with Gasteiger partial charge < -0.3 is 10.8 Å². The van der Waals surface area contributed by atoms with Crippen LogP contribution in [-0.4, -0.2) is 15.9 Å². The fraction of sp³-hybridized carbons (Fsp3) is 0.282. The molecule has 3 N–H and O–H groups in total. The van der Waals surface area contributed by atoms with Gasteiger partial charge in [-0.25, -0.2) is 4.98 Å². The second kappa shape index (κ2) is 13.8. The number of anilines is 1. The molecule has 2 aliphatic rings. The topological polar surface area (TPSA) is 76.2 Å². The van der Waals surface area contributed by atoms with E-state index in [0.29, 0.717) is 11.5 Å². The summed E-state index contributed by atoms with van der Waals surface area (Å²) in [5, 5.41) is 9.89. The Morgan fingerprint density at radius 3 is 2.05 bits per heavy atom. The molecule has 0 bridgehead atoms. The second-order valence-electron chi connectivity index (χ2n) is 11.5. The van der Waals surface area contributed by atoms with E-state index in [1.54, 1.807) is 12.1 Å². The quantitative estimate of drug-likeness (QED) is 0.197. The van der Waals surface area contributed by atoms with Crippen molar-refractivity contribution in [2.45, 2.75) is 73.8 Å². The van der Waals surface area contributed by atoms with Gasteiger partial charge in [-0.2, -0.15) is 0 Å². The fourth-order valence-corrected chi connectivity index (χ4v) is 6.20. The summed E-state index contributed by atoms with van der Waals surface area (Å²) in [4.78, 5) is 16.5. The number of hydrogen-bond donors (Lipinski definition) is 2. The standard InChI is InChI=1S/C19H17N.C12H14O.C7H9NO.CH4/c1-12-9-13(2)16-8-7-15-11-14-5-3-4-6-18(14)20-19(15)17(16)10-12;1-8-6-9(2)10-4-3-5-12(13)11(10)7-8;8-7-4-2-1-3-6(7)5-9;/h3-6,9-11H,7-8H2,1-2H3;6-7H,3-5H2,1-2H3;1-4,9H,5,8H2;1H4. The predicted octanol–water partition coefficient (Wildman–Crippen LogP) is 8.84. The Kier molecular flexibility index (Phi) is 10.2. The number of nitrogen functional groups attached to an aromatic ring is 1. The summed E-state index contributed by atoms with van der Waals surface area (Å²) in [6, 6.07) is 26.8. The first kappa shape index (κ1) is 31.7. The van der Waals surface area contributed by atoms with E-state index in [2.05, 4.69) is 76.2 Å². The number of carbonyl (C=O) groups excluding carboxylic acids is 1. The van der Waals surface area contributed by atoms with Gasteiger partial charge in [-0.1, -0.05) is 67.1 Å². The number of ketones is 1. The summed E-state index contributed by atoms with van der Waals surface area (Å²) in [6.45, 7) is 8.56. The van der Waals surface area contributed by atoms with E-state index in [0.717, 1.165) is 48.7 Å². The molecular formula is C39H44N2O2. The number of aryl methyl sites for hydroxylation is 5. The monoisotopic (exact) mass is 572 g/mol. The maximum Gasteiger partial charge on any atom is 0.163 e. The molecule has 7 rings (SSSR count). The highest BCUT2D eigenvalue weighted by atomic mass is 16.3. The molecule has 1 aromatic heterocycles. The lowest BCUT2D eigenvalue weighted by Gasteiger charge is -2.22. The molecule has 0 aliphatic heterocycles. The number of pyridine rings is 1. The number of para-hydroxylation sites is 2. The summed E-state index contributed by atoms with van der Waals surface area (Å²) in [5.41, 5.74) is 20.9.